The predicted molar refractivity (Wildman–Crippen MR) is 60.4 cm³/mol. The van der Waals surface area contributed by atoms with Crippen molar-refractivity contribution < 1.29 is 9.47 Å². The highest BCUT2D eigenvalue weighted by Crippen LogP contribution is 2.32. The number of benzene rings is 1. The number of ether oxygens (including phenoxy) is 2. The van der Waals surface area contributed by atoms with Gasteiger partial charge >= 0.3 is 0 Å². The Morgan fingerprint density at radius 3 is 3.20 bits per heavy atom. The number of fused-ring (bicyclic) bond motifs is 1. The number of hydrogen-bond acceptors (Lipinski definition) is 4. The summed E-state index contributed by atoms with van der Waals surface area (Å²) >= 11 is 0. The van der Waals surface area contributed by atoms with Crippen LogP contribution in [0.4, 0.5) is 11.4 Å². The standard InChI is InChI=1S/C11H16N2O2/c1-14-6-4-13-5-7-15-11-8-9(12)2-3-10(11)13/h2-3,8H,4-7,12H2,1H3. The van der Waals surface area contributed by atoms with Gasteiger partial charge in [-0.1, -0.05) is 0 Å². The van der Waals surface area contributed by atoms with Gasteiger partial charge in [0.25, 0.3) is 0 Å². The van der Waals surface area contributed by atoms with Crippen molar-refractivity contribution in [3.63, 3.8) is 0 Å². The van der Waals surface area contributed by atoms with Gasteiger partial charge in [0.15, 0.2) is 0 Å². The first-order valence-electron chi connectivity index (χ1n) is 5.07. The molecule has 0 aliphatic carbocycles. The molecule has 0 unspecified atom stereocenters. The Morgan fingerprint density at radius 1 is 1.53 bits per heavy atom. The van der Waals surface area contributed by atoms with Gasteiger partial charge in [-0.2, -0.15) is 0 Å². The van der Waals surface area contributed by atoms with Gasteiger partial charge in [0, 0.05) is 25.4 Å². The van der Waals surface area contributed by atoms with Crippen molar-refractivity contribution in [2.24, 2.45) is 0 Å². The molecule has 0 spiro atoms. The molecule has 0 saturated heterocycles. The average molecular weight is 208 g/mol. The highest BCUT2D eigenvalue weighted by atomic mass is 16.5. The number of methoxy groups -OCH3 is 1. The zero-order valence-corrected chi connectivity index (χ0v) is 8.90. The van der Waals surface area contributed by atoms with Crippen molar-refractivity contribution in [2.45, 2.75) is 0 Å². The highest BCUT2D eigenvalue weighted by molar-refractivity contribution is 5.65. The van der Waals surface area contributed by atoms with Crippen molar-refractivity contribution >= 4 is 11.4 Å². The summed E-state index contributed by atoms with van der Waals surface area (Å²) in [6.45, 7) is 3.22. The third kappa shape index (κ3) is 2.15. The SMILES string of the molecule is COCCN1CCOc2cc(N)ccc21. The quantitative estimate of drug-likeness (QED) is 0.756. The van der Waals surface area contributed by atoms with Crippen molar-refractivity contribution in [1.29, 1.82) is 0 Å². The van der Waals surface area contributed by atoms with E-state index in [1.165, 1.54) is 0 Å². The van der Waals surface area contributed by atoms with Crippen LogP contribution in [0.25, 0.3) is 0 Å². The zero-order chi connectivity index (χ0) is 10.7. The van der Waals surface area contributed by atoms with Gasteiger partial charge < -0.3 is 20.1 Å². The molecule has 15 heavy (non-hydrogen) atoms. The fraction of sp³-hybridized carbons (Fsp3) is 0.455. The summed E-state index contributed by atoms with van der Waals surface area (Å²) in [6.07, 6.45) is 0. The van der Waals surface area contributed by atoms with Crippen LogP contribution in [0.2, 0.25) is 0 Å². The Hall–Kier alpha value is -1.42. The largest absolute Gasteiger partial charge is 0.489 e. The number of nitrogens with zero attached hydrogens (tertiary/aromatic N) is 1. The molecule has 4 nitrogen and oxygen atoms in total. The van der Waals surface area contributed by atoms with Crippen molar-refractivity contribution in [3.8, 4) is 5.75 Å². The molecule has 1 aromatic carbocycles. The second kappa shape index (κ2) is 4.40. The van der Waals surface area contributed by atoms with E-state index in [4.69, 9.17) is 15.2 Å². The molecule has 0 amide bonds. The van der Waals surface area contributed by atoms with Crippen molar-refractivity contribution in [3.05, 3.63) is 18.2 Å². The average Bonchev–Trinajstić information content (AvgIpc) is 2.25. The summed E-state index contributed by atoms with van der Waals surface area (Å²) in [4.78, 5) is 2.25. The van der Waals surface area contributed by atoms with E-state index >= 15 is 0 Å². The van der Waals surface area contributed by atoms with E-state index in [2.05, 4.69) is 4.90 Å². The molecule has 0 aromatic heterocycles. The first kappa shape index (κ1) is 10.1. The Balaban J connectivity index is 2.18. The number of rotatable bonds is 3. The molecular weight excluding hydrogens is 192 g/mol. The lowest BCUT2D eigenvalue weighted by Gasteiger charge is -2.31. The monoisotopic (exact) mass is 208 g/mol. The first-order valence-corrected chi connectivity index (χ1v) is 5.07. The van der Waals surface area contributed by atoms with Crippen molar-refractivity contribution in [1.82, 2.24) is 0 Å². The maximum Gasteiger partial charge on any atom is 0.144 e. The molecule has 0 saturated carbocycles. The lowest BCUT2D eigenvalue weighted by molar-refractivity contribution is 0.201. The molecule has 2 rings (SSSR count). The molecular formula is C11H16N2O2. The van der Waals surface area contributed by atoms with Gasteiger partial charge in [-0.05, 0) is 12.1 Å². The molecule has 0 fully saturated rings. The number of hydrogen-bond donors (Lipinski definition) is 1. The Morgan fingerprint density at radius 2 is 2.40 bits per heavy atom. The van der Waals surface area contributed by atoms with Gasteiger partial charge in [0.1, 0.15) is 12.4 Å². The third-order valence-electron chi connectivity index (χ3n) is 2.51. The predicted octanol–water partition coefficient (Wildman–Crippen LogP) is 1.11. The fourth-order valence-corrected chi connectivity index (χ4v) is 1.73. The minimum absolute atomic E-state index is 0.708. The van der Waals surface area contributed by atoms with Crippen LogP contribution in [0.1, 0.15) is 0 Å². The van der Waals surface area contributed by atoms with Gasteiger partial charge in [0.05, 0.1) is 18.8 Å². The van der Waals surface area contributed by atoms with Crippen LogP contribution in [0.15, 0.2) is 18.2 Å². The van der Waals surface area contributed by atoms with Crippen LogP contribution in [0.5, 0.6) is 5.75 Å². The van der Waals surface area contributed by atoms with Gasteiger partial charge in [-0.3, -0.25) is 0 Å². The van der Waals surface area contributed by atoms with E-state index in [9.17, 15) is 0 Å². The van der Waals surface area contributed by atoms with E-state index in [-0.39, 0.29) is 0 Å². The molecule has 1 aliphatic heterocycles. The molecule has 0 radical (unpaired) electrons. The van der Waals surface area contributed by atoms with Crippen LogP contribution >= 0.6 is 0 Å². The van der Waals surface area contributed by atoms with Crippen LogP contribution < -0.4 is 15.4 Å². The summed E-state index contributed by atoms with van der Waals surface area (Å²) in [5.41, 5.74) is 7.55. The summed E-state index contributed by atoms with van der Waals surface area (Å²) in [7, 11) is 1.71. The minimum Gasteiger partial charge on any atom is -0.489 e. The lowest BCUT2D eigenvalue weighted by atomic mass is 10.2. The Labute approximate surface area is 89.6 Å². The van der Waals surface area contributed by atoms with Crippen LogP contribution in [0.3, 0.4) is 0 Å². The van der Waals surface area contributed by atoms with Gasteiger partial charge in [-0.25, -0.2) is 0 Å². The second-order valence-electron chi connectivity index (χ2n) is 3.56. The maximum atomic E-state index is 5.70. The summed E-state index contributed by atoms with van der Waals surface area (Å²) in [5, 5.41) is 0. The van der Waals surface area contributed by atoms with Crippen LogP contribution in [-0.2, 0) is 4.74 Å². The zero-order valence-electron chi connectivity index (χ0n) is 8.90. The highest BCUT2D eigenvalue weighted by Gasteiger charge is 2.17. The van der Waals surface area contributed by atoms with E-state index in [1.807, 2.05) is 18.2 Å². The third-order valence-corrected chi connectivity index (χ3v) is 2.51. The Bertz CT molecular complexity index is 341. The summed E-state index contributed by atoms with van der Waals surface area (Å²) < 4.78 is 10.6. The van der Waals surface area contributed by atoms with Crippen molar-refractivity contribution in [2.75, 3.05) is 44.0 Å². The normalized spacial score (nSPS) is 14.6. The Kier molecular flexibility index (Phi) is 2.97. The van der Waals surface area contributed by atoms with Gasteiger partial charge in [0.2, 0.25) is 0 Å². The minimum atomic E-state index is 0.708. The fourth-order valence-electron chi connectivity index (χ4n) is 1.73. The molecule has 0 atom stereocenters. The first-order chi connectivity index (χ1) is 7.31. The lowest BCUT2D eigenvalue weighted by Crippen LogP contribution is -2.35. The number of anilines is 2. The van der Waals surface area contributed by atoms with E-state index in [0.717, 1.165) is 36.8 Å². The van der Waals surface area contributed by atoms with E-state index in [1.54, 1.807) is 7.11 Å². The molecule has 4 heteroatoms. The molecule has 82 valence electrons. The topological polar surface area (TPSA) is 47.7 Å². The molecule has 0 bridgehead atoms. The second-order valence-corrected chi connectivity index (χ2v) is 3.56. The molecule has 1 aromatic rings. The summed E-state index contributed by atoms with van der Waals surface area (Å²) in [6, 6.07) is 5.76. The maximum absolute atomic E-state index is 5.70. The smallest absolute Gasteiger partial charge is 0.144 e. The molecule has 1 heterocycles. The number of nitrogen functional groups attached to an aromatic ring is 1. The van der Waals surface area contributed by atoms with Crippen LogP contribution in [-0.4, -0.2) is 33.4 Å². The van der Waals surface area contributed by atoms with E-state index < -0.39 is 0 Å². The van der Waals surface area contributed by atoms with Gasteiger partial charge in [-0.15, -0.1) is 0 Å². The number of nitrogens with two attached hydrogens (primary N) is 1. The summed E-state index contributed by atoms with van der Waals surface area (Å²) in [5.74, 6) is 0.873. The molecule has 2 N–H and O–H groups in total. The van der Waals surface area contributed by atoms with E-state index in [0.29, 0.717) is 6.61 Å². The van der Waals surface area contributed by atoms with Crippen LogP contribution in [0, 0.1) is 0 Å². The molecule has 1 aliphatic rings.